The van der Waals surface area contributed by atoms with Crippen molar-refractivity contribution in [3.05, 3.63) is 24.0 Å². The second kappa shape index (κ2) is 6.87. The normalized spacial score (nSPS) is 18.4. The number of amides is 1. The number of methoxy groups -OCH3 is 1. The molecule has 5 nitrogen and oxygen atoms in total. The zero-order valence-electron chi connectivity index (χ0n) is 12.4. The van der Waals surface area contributed by atoms with Gasteiger partial charge in [0.1, 0.15) is 5.82 Å². The molecule has 1 saturated heterocycles. The first-order chi connectivity index (χ1) is 10.0. The molecule has 3 N–H and O–H groups in total. The van der Waals surface area contributed by atoms with E-state index in [1.54, 1.807) is 7.11 Å². The van der Waals surface area contributed by atoms with Gasteiger partial charge in [0.05, 0.1) is 17.8 Å². The minimum atomic E-state index is -0.483. The number of anilines is 2. The van der Waals surface area contributed by atoms with Crippen molar-refractivity contribution in [3.8, 4) is 0 Å². The largest absolute Gasteiger partial charge is 0.399 e. The van der Waals surface area contributed by atoms with Gasteiger partial charge in [-0.15, -0.1) is 0 Å². The Morgan fingerprint density at radius 3 is 2.76 bits per heavy atom. The lowest BCUT2D eigenvalue weighted by Gasteiger charge is -2.34. The molecule has 0 aliphatic carbocycles. The minimum Gasteiger partial charge on any atom is -0.399 e. The Hall–Kier alpha value is -1.66. The summed E-state index contributed by atoms with van der Waals surface area (Å²) in [6, 6.07) is 3.82. The van der Waals surface area contributed by atoms with Crippen LogP contribution in [0.4, 0.5) is 15.8 Å². The number of hydrogen-bond acceptors (Lipinski definition) is 4. The monoisotopic (exact) mass is 295 g/mol. The molecule has 21 heavy (non-hydrogen) atoms. The van der Waals surface area contributed by atoms with Crippen LogP contribution >= 0.6 is 0 Å². The second-order valence-electron chi connectivity index (χ2n) is 5.38. The fourth-order valence-corrected chi connectivity index (χ4v) is 2.54. The molecule has 0 radical (unpaired) electrons. The van der Waals surface area contributed by atoms with Gasteiger partial charge < -0.3 is 15.8 Å². The summed E-state index contributed by atoms with van der Waals surface area (Å²) in [5, 5.41) is 2.61. The van der Waals surface area contributed by atoms with Crippen LogP contribution in [-0.4, -0.2) is 43.2 Å². The first kappa shape index (κ1) is 15.7. The van der Waals surface area contributed by atoms with Gasteiger partial charge in [-0.3, -0.25) is 9.69 Å². The molecule has 1 heterocycles. The number of ether oxygens (including phenoxy) is 1. The number of likely N-dealkylation sites (tertiary alicyclic amines) is 1. The lowest BCUT2D eigenvalue weighted by Crippen LogP contribution is -2.47. The minimum absolute atomic E-state index is 0.124. The summed E-state index contributed by atoms with van der Waals surface area (Å²) < 4.78 is 18.9. The highest BCUT2D eigenvalue weighted by Crippen LogP contribution is 2.19. The summed E-state index contributed by atoms with van der Waals surface area (Å²) in [6.07, 6.45) is 2.07. The smallest absolute Gasteiger partial charge is 0.241 e. The Balaban J connectivity index is 1.95. The van der Waals surface area contributed by atoms with Gasteiger partial charge in [0, 0.05) is 25.9 Å². The van der Waals surface area contributed by atoms with Crippen LogP contribution in [0.3, 0.4) is 0 Å². The van der Waals surface area contributed by atoms with Crippen LogP contribution in [0.2, 0.25) is 0 Å². The lowest BCUT2D eigenvalue weighted by molar-refractivity contribution is -0.121. The molecule has 2 rings (SSSR count). The van der Waals surface area contributed by atoms with Gasteiger partial charge in [-0.2, -0.15) is 0 Å². The standard InChI is InChI=1S/C15H22FN3O2/c1-10(19-7-5-12(21-2)6-8-19)15(20)18-14-9-11(17)3-4-13(14)16/h3-4,9-10,12H,5-8,17H2,1-2H3,(H,18,20). The third-order valence-corrected chi connectivity index (χ3v) is 3.99. The van der Waals surface area contributed by atoms with E-state index in [-0.39, 0.29) is 23.7 Å². The van der Waals surface area contributed by atoms with Crippen LogP contribution in [-0.2, 0) is 9.53 Å². The number of nitrogens with one attached hydrogen (secondary N) is 1. The summed E-state index contributed by atoms with van der Waals surface area (Å²) >= 11 is 0. The summed E-state index contributed by atoms with van der Waals surface area (Å²) in [5.74, 6) is -0.710. The Morgan fingerprint density at radius 1 is 1.48 bits per heavy atom. The molecule has 1 aromatic rings. The molecule has 1 atom stereocenters. The van der Waals surface area contributed by atoms with Crippen molar-refractivity contribution in [2.45, 2.75) is 31.9 Å². The van der Waals surface area contributed by atoms with E-state index in [0.29, 0.717) is 5.69 Å². The number of nitrogens with zero attached hydrogens (tertiary/aromatic N) is 1. The predicted octanol–water partition coefficient (Wildman–Crippen LogP) is 1.85. The molecule has 6 heteroatoms. The number of hydrogen-bond donors (Lipinski definition) is 2. The van der Waals surface area contributed by atoms with Crippen molar-refractivity contribution in [2.24, 2.45) is 0 Å². The molecule has 0 aromatic heterocycles. The van der Waals surface area contributed by atoms with Crippen molar-refractivity contribution >= 4 is 17.3 Å². The van der Waals surface area contributed by atoms with Crippen LogP contribution in [0.5, 0.6) is 0 Å². The summed E-state index contributed by atoms with van der Waals surface area (Å²) in [6.45, 7) is 3.42. The Morgan fingerprint density at radius 2 is 2.14 bits per heavy atom. The number of halogens is 1. The third kappa shape index (κ3) is 3.92. The van der Waals surface area contributed by atoms with Crippen LogP contribution < -0.4 is 11.1 Å². The highest BCUT2D eigenvalue weighted by atomic mass is 19.1. The number of piperidine rings is 1. The number of nitrogens with two attached hydrogens (primary N) is 1. The van der Waals surface area contributed by atoms with Gasteiger partial charge in [0.2, 0.25) is 5.91 Å². The zero-order valence-corrected chi connectivity index (χ0v) is 12.4. The fraction of sp³-hybridized carbons (Fsp3) is 0.533. The maximum atomic E-state index is 13.6. The summed E-state index contributed by atoms with van der Waals surface area (Å²) in [7, 11) is 1.71. The molecule has 1 unspecified atom stereocenters. The average Bonchev–Trinajstić information content (AvgIpc) is 2.50. The van der Waals surface area contributed by atoms with Crippen molar-refractivity contribution < 1.29 is 13.9 Å². The topological polar surface area (TPSA) is 67.6 Å². The number of carbonyl (C=O) groups is 1. The Kier molecular flexibility index (Phi) is 5.14. The molecule has 1 aromatic carbocycles. The molecule has 1 aliphatic heterocycles. The van der Waals surface area contributed by atoms with E-state index in [1.165, 1.54) is 18.2 Å². The molecule has 0 bridgehead atoms. The van der Waals surface area contributed by atoms with Crippen molar-refractivity contribution in [1.29, 1.82) is 0 Å². The molecule has 0 saturated carbocycles. The van der Waals surface area contributed by atoms with Crippen molar-refractivity contribution in [3.63, 3.8) is 0 Å². The van der Waals surface area contributed by atoms with Crippen molar-refractivity contribution in [1.82, 2.24) is 4.90 Å². The van der Waals surface area contributed by atoms with E-state index in [1.807, 2.05) is 6.92 Å². The first-order valence-corrected chi connectivity index (χ1v) is 7.14. The number of carbonyl (C=O) groups excluding carboxylic acids is 1. The second-order valence-corrected chi connectivity index (χ2v) is 5.38. The van der Waals surface area contributed by atoms with Crippen LogP contribution in [0.1, 0.15) is 19.8 Å². The van der Waals surface area contributed by atoms with Gasteiger partial charge >= 0.3 is 0 Å². The van der Waals surface area contributed by atoms with E-state index in [0.717, 1.165) is 25.9 Å². The van der Waals surface area contributed by atoms with Gasteiger partial charge in [-0.25, -0.2) is 4.39 Å². The SMILES string of the molecule is COC1CCN(C(C)C(=O)Nc2cc(N)ccc2F)CC1. The van der Waals surface area contributed by atoms with Crippen LogP contribution in [0.25, 0.3) is 0 Å². The van der Waals surface area contributed by atoms with Gasteiger partial charge in [-0.05, 0) is 38.0 Å². The van der Waals surface area contributed by atoms with E-state index < -0.39 is 5.82 Å². The Labute approximate surface area is 124 Å². The van der Waals surface area contributed by atoms with E-state index in [2.05, 4.69) is 10.2 Å². The van der Waals surface area contributed by atoms with E-state index in [9.17, 15) is 9.18 Å². The summed E-state index contributed by atoms with van der Waals surface area (Å²) in [4.78, 5) is 14.3. The van der Waals surface area contributed by atoms with Gasteiger partial charge in [-0.1, -0.05) is 0 Å². The van der Waals surface area contributed by atoms with E-state index in [4.69, 9.17) is 10.5 Å². The molecule has 1 fully saturated rings. The molecule has 1 aliphatic rings. The number of rotatable bonds is 4. The molecule has 0 spiro atoms. The first-order valence-electron chi connectivity index (χ1n) is 7.14. The number of nitrogen functional groups attached to an aromatic ring is 1. The molecular weight excluding hydrogens is 273 g/mol. The van der Waals surface area contributed by atoms with E-state index >= 15 is 0 Å². The Bertz CT molecular complexity index is 502. The highest BCUT2D eigenvalue weighted by Gasteiger charge is 2.26. The molecule has 1 amide bonds. The molecular formula is C15H22FN3O2. The maximum Gasteiger partial charge on any atom is 0.241 e. The van der Waals surface area contributed by atoms with Crippen molar-refractivity contribution in [2.75, 3.05) is 31.2 Å². The molecule has 116 valence electrons. The summed E-state index contributed by atoms with van der Waals surface area (Å²) in [5.41, 5.74) is 6.15. The zero-order chi connectivity index (χ0) is 15.4. The van der Waals surface area contributed by atoms with Gasteiger partial charge in [0.15, 0.2) is 0 Å². The quantitative estimate of drug-likeness (QED) is 0.832. The highest BCUT2D eigenvalue weighted by molar-refractivity contribution is 5.95. The maximum absolute atomic E-state index is 13.6. The number of benzene rings is 1. The lowest BCUT2D eigenvalue weighted by atomic mass is 10.1. The van der Waals surface area contributed by atoms with Crippen LogP contribution in [0.15, 0.2) is 18.2 Å². The van der Waals surface area contributed by atoms with Crippen LogP contribution in [0, 0.1) is 5.82 Å². The van der Waals surface area contributed by atoms with Gasteiger partial charge in [0.25, 0.3) is 0 Å². The third-order valence-electron chi connectivity index (χ3n) is 3.99. The fourth-order valence-electron chi connectivity index (χ4n) is 2.54. The predicted molar refractivity (Wildman–Crippen MR) is 80.5 cm³/mol. The average molecular weight is 295 g/mol.